The molecular formula is C15H23N3O. The number of likely N-dealkylation sites (tertiary alicyclic amines) is 1. The zero-order valence-electron chi connectivity index (χ0n) is 11.6. The number of carbonyl (C=O) groups excluding carboxylic acids is 1. The van der Waals surface area contributed by atoms with Crippen molar-refractivity contribution in [2.75, 3.05) is 25.5 Å². The Labute approximate surface area is 115 Å². The van der Waals surface area contributed by atoms with Gasteiger partial charge in [-0.1, -0.05) is 18.2 Å². The van der Waals surface area contributed by atoms with Crippen LogP contribution in [0.5, 0.6) is 0 Å². The molecule has 1 fully saturated rings. The van der Waals surface area contributed by atoms with Crippen molar-refractivity contribution in [2.45, 2.75) is 31.7 Å². The van der Waals surface area contributed by atoms with Gasteiger partial charge < -0.3 is 16.0 Å². The lowest BCUT2D eigenvalue weighted by Gasteiger charge is -2.20. The summed E-state index contributed by atoms with van der Waals surface area (Å²) in [6.45, 7) is 2.29. The van der Waals surface area contributed by atoms with Crippen LogP contribution in [0.3, 0.4) is 0 Å². The highest BCUT2D eigenvalue weighted by molar-refractivity contribution is 5.78. The normalized spacial score (nSPS) is 20.8. The zero-order valence-corrected chi connectivity index (χ0v) is 11.6. The molecule has 4 heteroatoms. The average Bonchev–Trinajstić information content (AvgIpc) is 2.56. The summed E-state index contributed by atoms with van der Waals surface area (Å²) < 4.78 is 0. The molecule has 104 valence electrons. The molecule has 1 aromatic carbocycles. The molecule has 1 aliphatic heterocycles. The van der Waals surface area contributed by atoms with Crippen molar-refractivity contribution in [1.82, 2.24) is 4.90 Å². The van der Waals surface area contributed by atoms with Gasteiger partial charge in [0, 0.05) is 11.7 Å². The third-order valence-corrected chi connectivity index (χ3v) is 3.69. The Morgan fingerprint density at radius 1 is 1.37 bits per heavy atom. The Morgan fingerprint density at radius 2 is 2.16 bits per heavy atom. The van der Waals surface area contributed by atoms with Crippen LogP contribution in [0.2, 0.25) is 0 Å². The SMILES string of the molecule is CN1CCCC(Nc2ccccc2CC(N)=O)CC1. The van der Waals surface area contributed by atoms with E-state index in [1.807, 2.05) is 24.3 Å². The lowest BCUT2D eigenvalue weighted by atomic mass is 10.1. The smallest absolute Gasteiger partial charge is 0.221 e. The molecule has 0 spiro atoms. The summed E-state index contributed by atoms with van der Waals surface area (Å²) in [6.07, 6.45) is 3.83. The number of para-hydroxylation sites is 1. The molecule has 2 rings (SSSR count). The molecule has 1 amide bonds. The fourth-order valence-corrected chi connectivity index (χ4v) is 2.61. The Hall–Kier alpha value is -1.55. The zero-order chi connectivity index (χ0) is 13.7. The van der Waals surface area contributed by atoms with Crippen molar-refractivity contribution >= 4 is 11.6 Å². The molecule has 0 radical (unpaired) electrons. The van der Waals surface area contributed by atoms with Gasteiger partial charge in [-0.25, -0.2) is 0 Å². The molecule has 4 nitrogen and oxygen atoms in total. The van der Waals surface area contributed by atoms with Gasteiger partial charge in [0.05, 0.1) is 6.42 Å². The quantitative estimate of drug-likeness (QED) is 0.865. The number of nitrogens with two attached hydrogens (primary N) is 1. The second kappa shape index (κ2) is 6.57. The minimum absolute atomic E-state index is 0.283. The number of anilines is 1. The largest absolute Gasteiger partial charge is 0.382 e. The molecule has 0 aromatic heterocycles. The number of hydrogen-bond donors (Lipinski definition) is 2. The maximum absolute atomic E-state index is 11.1. The molecule has 1 heterocycles. The Balaban J connectivity index is 2.03. The van der Waals surface area contributed by atoms with Crippen LogP contribution in [0.4, 0.5) is 5.69 Å². The molecule has 1 saturated heterocycles. The summed E-state index contributed by atoms with van der Waals surface area (Å²) in [5, 5.41) is 3.58. The van der Waals surface area contributed by atoms with Crippen LogP contribution in [0, 0.1) is 0 Å². The fraction of sp³-hybridized carbons (Fsp3) is 0.533. The maximum atomic E-state index is 11.1. The van der Waals surface area contributed by atoms with Crippen molar-refractivity contribution < 1.29 is 4.79 Å². The van der Waals surface area contributed by atoms with E-state index in [2.05, 4.69) is 17.3 Å². The molecule has 0 aliphatic carbocycles. The van der Waals surface area contributed by atoms with E-state index in [-0.39, 0.29) is 5.91 Å². The van der Waals surface area contributed by atoms with Gasteiger partial charge in [0.25, 0.3) is 0 Å². The molecule has 3 N–H and O–H groups in total. The lowest BCUT2D eigenvalue weighted by molar-refractivity contribution is -0.117. The summed E-state index contributed by atoms with van der Waals surface area (Å²) in [5.74, 6) is -0.283. The molecule has 1 aromatic rings. The number of rotatable bonds is 4. The highest BCUT2D eigenvalue weighted by Crippen LogP contribution is 2.20. The number of hydrogen-bond acceptors (Lipinski definition) is 3. The van der Waals surface area contributed by atoms with Gasteiger partial charge in [-0.2, -0.15) is 0 Å². The van der Waals surface area contributed by atoms with E-state index in [0.29, 0.717) is 12.5 Å². The van der Waals surface area contributed by atoms with Crippen LogP contribution in [0.15, 0.2) is 24.3 Å². The maximum Gasteiger partial charge on any atom is 0.221 e. The van der Waals surface area contributed by atoms with E-state index in [1.54, 1.807) is 0 Å². The number of nitrogens with one attached hydrogen (secondary N) is 1. The van der Waals surface area contributed by atoms with Crippen LogP contribution >= 0.6 is 0 Å². The topological polar surface area (TPSA) is 58.4 Å². The molecule has 1 unspecified atom stereocenters. The molecule has 1 aliphatic rings. The molecule has 19 heavy (non-hydrogen) atoms. The molecular weight excluding hydrogens is 238 g/mol. The summed E-state index contributed by atoms with van der Waals surface area (Å²) >= 11 is 0. The second-order valence-electron chi connectivity index (χ2n) is 5.38. The monoisotopic (exact) mass is 261 g/mol. The van der Waals surface area contributed by atoms with Crippen molar-refractivity contribution in [3.63, 3.8) is 0 Å². The number of nitrogens with zero attached hydrogens (tertiary/aromatic N) is 1. The van der Waals surface area contributed by atoms with E-state index < -0.39 is 0 Å². The van der Waals surface area contributed by atoms with Crippen LogP contribution in [-0.2, 0) is 11.2 Å². The van der Waals surface area contributed by atoms with E-state index in [9.17, 15) is 4.79 Å². The molecule has 1 atom stereocenters. The summed E-state index contributed by atoms with van der Waals surface area (Å²) in [5.41, 5.74) is 7.34. The second-order valence-corrected chi connectivity index (χ2v) is 5.38. The van der Waals surface area contributed by atoms with E-state index >= 15 is 0 Å². The first-order valence-electron chi connectivity index (χ1n) is 6.96. The third-order valence-electron chi connectivity index (χ3n) is 3.69. The number of amides is 1. The predicted molar refractivity (Wildman–Crippen MR) is 78.1 cm³/mol. The van der Waals surface area contributed by atoms with Crippen LogP contribution < -0.4 is 11.1 Å². The first kappa shape index (κ1) is 13.9. The van der Waals surface area contributed by atoms with Gasteiger partial charge >= 0.3 is 0 Å². The van der Waals surface area contributed by atoms with Crippen molar-refractivity contribution in [1.29, 1.82) is 0 Å². The Morgan fingerprint density at radius 3 is 2.95 bits per heavy atom. The minimum atomic E-state index is -0.283. The highest BCUT2D eigenvalue weighted by atomic mass is 16.1. The molecule has 0 saturated carbocycles. The number of carbonyl (C=O) groups is 1. The van der Waals surface area contributed by atoms with Gasteiger partial charge in [-0.3, -0.25) is 4.79 Å². The third kappa shape index (κ3) is 4.24. The van der Waals surface area contributed by atoms with Crippen LogP contribution in [0.1, 0.15) is 24.8 Å². The van der Waals surface area contributed by atoms with Gasteiger partial charge in [-0.15, -0.1) is 0 Å². The van der Waals surface area contributed by atoms with E-state index in [0.717, 1.165) is 24.2 Å². The first-order valence-corrected chi connectivity index (χ1v) is 6.96. The summed E-state index contributed by atoms with van der Waals surface area (Å²) in [4.78, 5) is 13.5. The highest BCUT2D eigenvalue weighted by Gasteiger charge is 2.15. The Bertz CT molecular complexity index is 433. The average molecular weight is 261 g/mol. The van der Waals surface area contributed by atoms with Gasteiger partial charge in [0.2, 0.25) is 5.91 Å². The molecule has 0 bridgehead atoms. The summed E-state index contributed by atoms with van der Waals surface area (Å²) in [6, 6.07) is 8.43. The van der Waals surface area contributed by atoms with Crippen LogP contribution in [-0.4, -0.2) is 37.0 Å². The van der Waals surface area contributed by atoms with Gasteiger partial charge in [0.1, 0.15) is 0 Å². The fourth-order valence-electron chi connectivity index (χ4n) is 2.61. The van der Waals surface area contributed by atoms with Crippen molar-refractivity contribution in [3.8, 4) is 0 Å². The number of benzene rings is 1. The summed E-state index contributed by atoms with van der Waals surface area (Å²) in [7, 11) is 2.17. The van der Waals surface area contributed by atoms with Crippen molar-refractivity contribution in [2.24, 2.45) is 5.73 Å². The minimum Gasteiger partial charge on any atom is -0.382 e. The first-order chi connectivity index (χ1) is 9.15. The lowest BCUT2D eigenvalue weighted by Crippen LogP contribution is -2.24. The predicted octanol–water partition coefficient (Wildman–Crippen LogP) is 1.61. The standard InChI is InChI=1S/C15H23N3O/c1-18-9-4-6-13(8-10-18)17-14-7-3-2-5-12(14)11-15(16)19/h2-3,5,7,13,17H,4,6,8-11H2,1H3,(H2,16,19). The van der Waals surface area contributed by atoms with E-state index in [4.69, 9.17) is 5.73 Å². The Kier molecular flexibility index (Phi) is 4.80. The van der Waals surface area contributed by atoms with Gasteiger partial charge in [0.15, 0.2) is 0 Å². The van der Waals surface area contributed by atoms with E-state index in [1.165, 1.54) is 19.4 Å². The van der Waals surface area contributed by atoms with Gasteiger partial charge in [-0.05, 0) is 51.0 Å². The number of primary amides is 1. The van der Waals surface area contributed by atoms with Crippen molar-refractivity contribution in [3.05, 3.63) is 29.8 Å². The van der Waals surface area contributed by atoms with Crippen LogP contribution in [0.25, 0.3) is 0 Å².